The lowest BCUT2D eigenvalue weighted by Gasteiger charge is -2.05. The van der Waals surface area contributed by atoms with Crippen molar-refractivity contribution in [3.05, 3.63) is 53.1 Å². The lowest BCUT2D eigenvalue weighted by molar-refractivity contribution is -0.117. The molecule has 5 heteroatoms. The summed E-state index contributed by atoms with van der Waals surface area (Å²) in [5, 5.41) is 6.79. The fraction of sp³-hybridized carbons (Fsp3) is 0.381. The van der Waals surface area contributed by atoms with Crippen molar-refractivity contribution in [3.63, 3.8) is 0 Å². The molecule has 138 valence electrons. The zero-order valence-corrected chi connectivity index (χ0v) is 15.7. The van der Waals surface area contributed by atoms with Crippen LogP contribution in [-0.4, -0.2) is 18.0 Å². The maximum absolute atomic E-state index is 12.0. The van der Waals surface area contributed by atoms with Gasteiger partial charge in [-0.2, -0.15) is 5.10 Å². The van der Waals surface area contributed by atoms with Gasteiger partial charge in [0.25, 0.3) is 5.91 Å². The Hall–Kier alpha value is -2.69. The summed E-state index contributed by atoms with van der Waals surface area (Å²) in [4.78, 5) is 23.8. The molecule has 1 saturated carbocycles. The number of nitrogens with one attached hydrogen (secondary N) is 2. The van der Waals surface area contributed by atoms with Crippen LogP contribution >= 0.6 is 0 Å². The van der Waals surface area contributed by atoms with Crippen LogP contribution in [0.4, 0.5) is 5.69 Å². The quantitative estimate of drug-likeness (QED) is 0.412. The predicted octanol–water partition coefficient (Wildman–Crippen LogP) is 4.44. The van der Waals surface area contributed by atoms with E-state index in [0.717, 1.165) is 25.7 Å². The molecule has 0 unspecified atom stereocenters. The predicted molar refractivity (Wildman–Crippen MR) is 106 cm³/mol. The van der Waals surface area contributed by atoms with Gasteiger partial charge in [-0.15, -0.1) is 0 Å². The highest BCUT2D eigenvalue weighted by atomic mass is 16.2. The van der Waals surface area contributed by atoms with Gasteiger partial charge in [0.1, 0.15) is 0 Å². The molecule has 1 aliphatic carbocycles. The minimum Gasteiger partial charge on any atom is -0.326 e. The largest absolute Gasteiger partial charge is 0.326 e. The number of benzene rings is 1. The number of allylic oxidation sites excluding steroid dienone is 4. The monoisotopic (exact) mass is 353 g/mol. The summed E-state index contributed by atoms with van der Waals surface area (Å²) in [7, 11) is 0. The maximum atomic E-state index is 12.0. The van der Waals surface area contributed by atoms with Gasteiger partial charge in [0.2, 0.25) is 5.91 Å². The highest BCUT2D eigenvalue weighted by molar-refractivity contribution is 5.97. The highest BCUT2D eigenvalue weighted by Crippen LogP contribution is 2.30. The lowest BCUT2D eigenvalue weighted by Crippen LogP contribution is -2.17. The number of nitrogens with zero attached hydrogens (tertiary/aromatic N) is 1. The molecule has 0 spiro atoms. The Morgan fingerprint density at radius 2 is 1.85 bits per heavy atom. The van der Waals surface area contributed by atoms with Crippen LogP contribution in [0.1, 0.15) is 56.8 Å². The zero-order chi connectivity index (χ0) is 18.9. The number of carbonyl (C=O) groups is 2. The van der Waals surface area contributed by atoms with Crippen molar-refractivity contribution in [1.82, 2.24) is 5.43 Å². The van der Waals surface area contributed by atoms with Crippen molar-refractivity contribution < 1.29 is 9.59 Å². The summed E-state index contributed by atoms with van der Waals surface area (Å²) in [5.41, 5.74) is 6.23. The van der Waals surface area contributed by atoms with E-state index in [9.17, 15) is 9.59 Å². The lowest BCUT2D eigenvalue weighted by atomic mass is 10.1. The average molecular weight is 353 g/mol. The molecule has 0 aliphatic heterocycles. The van der Waals surface area contributed by atoms with Crippen LogP contribution in [0.3, 0.4) is 0 Å². The summed E-state index contributed by atoms with van der Waals surface area (Å²) < 4.78 is 0. The van der Waals surface area contributed by atoms with Crippen LogP contribution in [0.25, 0.3) is 0 Å². The Bertz CT molecular complexity index is 722. The first-order valence-corrected chi connectivity index (χ1v) is 8.99. The molecule has 5 nitrogen and oxygen atoms in total. The number of rotatable bonds is 8. The Morgan fingerprint density at radius 1 is 1.15 bits per heavy atom. The second-order valence-electron chi connectivity index (χ2n) is 6.89. The van der Waals surface area contributed by atoms with Gasteiger partial charge < -0.3 is 5.32 Å². The van der Waals surface area contributed by atoms with Crippen molar-refractivity contribution in [2.45, 2.75) is 46.5 Å². The third-order valence-corrected chi connectivity index (χ3v) is 4.05. The first kappa shape index (κ1) is 19.6. The molecular formula is C21H27N3O2. The summed E-state index contributed by atoms with van der Waals surface area (Å²) in [6, 6.07) is 6.81. The van der Waals surface area contributed by atoms with Crippen molar-refractivity contribution in [2.24, 2.45) is 11.0 Å². The third-order valence-electron chi connectivity index (χ3n) is 4.05. The molecule has 0 atom stereocenters. The first-order valence-electron chi connectivity index (χ1n) is 8.99. The summed E-state index contributed by atoms with van der Waals surface area (Å²) in [6.45, 7) is 6.22. The minimum absolute atomic E-state index is 0.0542. The van der Waals surface area contributed by atoms with E-state index >= 15 is 0 Å². The van der Waals surface area contributed by atoms with Crippen LogP contribution in [0.15, 0.2) is 52.7 Å². The molecular weight excluding hydrogens is 326 g/mol. The fourth-order valence-electron chi connectivity index (χ4n) is 2.29. The molecule has 1 aromatic carbocycles. The molecule has 0 aromatic heterocycles. The highest BCUT2D eigenvalue weighted by Gasteiger charge is 2.29. The standard InChI is InChI=1S/C21H27N3O2/c1-15(2)5-4-6-16(3)13-14-22-24-21(26)18-9-11-19(12-10-18)23-20(25)17-7-8-17/h5,9-14,17H,4,6-8H2,1-3H3,(H,23,25)(H,24,26)/b16-13+,22-14+. The topological polar surface area (TPSA) is 70.6 Å². The van der Waals surface area contributed by atoms with E-state index in [-0.39, 0.29) is 17.7 Å². The van der Waals surface area contributed by atoms with E-state index in [1.807, 2.05) is 13.0 Å². The Kier molecular flexibility index (Phi) is 7.33. The smallest absolute Gasteiger partial charge is 0.271 e. The molecule has 1 aromatic rings. The molecule has 0 bridgehead atoms. The van der Waals surface area contributed by atoms with Gasteiger partial charge in [0.05, 0.1) is 0 Å². The van der Waals surface area contributed by atoms with Crippen LogP contribution in [0.5, 0.6) is 0 Å². The van der Waals surface area contributed by atoms with E-state index in [1.165, 1.54) is 11.1 Å². The van der Waals surface area contributed by atoms with E-state index in [2.05, 4.69) is 35.8 Å². The molecule has 2 amide bonds. The first-order chi connectivity index (χ1) is 12.5. The maximum Gasteiger partial charge on any atom is 0.271 e. The molecule has 0 heterocycles. The van der Waals surface area contributed by atoms with Gasteiger partial charge in [-0.1, -0.05) is 17.2 Å². The molecule has 0 saturated heterocycles. The Labute approximate surface area is 155 Å². The van der Waals surface area contributed by atoms with E-state index < -0.39 is 0 Å². The SMILES string of the molecule is CC(C)=CCC/C(C)=C/C=N/NC(=O)c1ccc(NC(=O)C2CC2)cc1. The molecule has 0 radical (unpaired) electrons. The molecule has 2 N–H and O–H groups in total. The van der Waals surface area contributed by atoms with Crippen molar-refractivity contribution in [1.29, 1.82) is 0 Å². The number of hydrogen-bond acceptors (Lipinski definition) is 3. The second-order valence-corrected chi connectivity index (χ2v) is 6.89. The zero-order valence-electron chi connectivity index (χ0n) is 15.7. The number of amides is 2. The number of anilines is 1. The van der Waals surface area contributed by atoms with Crippen LogP contribution in [-0.2, 0) is 4.79 Å². The van der Waals surface area contributed by atoms with Gasteiger partial charge in [-0.3, -0.25) is 9.59 Å². The fourth-order valence-corrected chi connectivity index (χ4v) is 2.29. The van der Waals surface area contributed by atoms with E-state index in [0.29, 0.717) is 11.3 Å². The van der Waals surface area contributed by atoms with E-state index in [1.54, 1.807) is 30.5 Å². The minimum atomic E-state index is -0.281. The molecule has 26 heavy (non-hydrogen) atoms. The summed E-state index contributed by atoms with van der Waals surface area (Å²) >= 11 is 0. The van der Waals surface area contributed by atoms with Gasteiger partial charge in [-0.05, 0) is 76.8 Å². The van der Waals surface area contributed by atoms with Crippen molar-refractivity contribution in [3.8, 4) is 0 Å². The number of carbonyl (C=O) groups excluding carboxylic acids is 2. The van der Waals surface area contributed by atoms with Crippen LogP contribution in [0.2, 0.25) is 0 Å². The molecule has 1 aliphatic rings. The van der Waals surface area contributed by atoms with Crippen LogP contribution in [0, 0.1) is 5.92 Å². The Morgan fingerprint density at radius 3 is 2.46 bits per heavy atom. The summed E-state index contributed by atoms with van der Waals surface area (Å²) in [6.07, 6.45) is 9.61. The van der Waals surface area contributed by atoms with Gasteiger partial charge in [-0.25, -0.2) is 5.43 Å². The molecule has 2 rings (SSSR count). The number of hydrogen-bond donors (Lipinski definition) is 2. The third kappa shape index (κ3) is 7.05. The van der Waals surface area contributed by atoms with Gasteiger partial charge in [0, 0.05) is 23.4 Å². The summed E-state index contributed by atoms with van der Waals surface area (Å²) in [5.74, 6) is -0.0682. The Balaban J connectivity index is 1.77. The van der Waals surface area contributed by atoms with E-state index in [4.69, 9.17) is 0 Å². The van der Waals surface area contributed by atoms with Crippen molar-refractivity contribution in [2.75, 3.05) is 5.32 Å². The van der Waals surface area contributed by atoms with Gasteiger partial charge in [0.15, 0.2) is 0 Å². The van der Waals surface area contributed by atoms with Crippen LogP contribution < -0.4 is 10.7 Å². The second kappa shape index (κ2) is 9.70. The number of hydrazone groups is 1. The molecule has 1 fully saturated rings. The van der Waals surface area contributed by atoms with Gasteiger partial charge >= 0.3 is 0 Å². The average Bonchev–Trinajstić information content (AvgIpc) is 3.44. The normalized spacial score (nSPS) is 14.2. The van der Waals surface area contributed by atoms with Crippen molar-refractivity contribution >= 4 is 23.7 Å².